The molecule has 1 N–H and O–H groups in total. The highest BCUT2D eigenvalue weighted by Gasteiger charge is 2.15. The van der Waals surface area contributed by atoms with Crippen molar-refractivity contribution in [3.63, 3.8) is 0 Å². The zero-order chi connectivity index (χ0) is 11.5. The van der Waals surface area contributed by atoms with Gasteiger partial charge in [-0.25, -0.2) is 0 Å². The molecule has 0 aliphatic heterocycles. The number of rotatable bonds is 4. The Morgan fingerprint density at radius 3 is 2.88 bits per heavy atom. The summed E-state index contributed by atoms with van der Waals surface area (Å²) in [5, 5.41) is 15.1. The van der Waals surface area contributed by atoms with Gasteiger partial charge in [-0.3, -0.25) is 0 Å². The van der Waals surface area contributed by atoms with Crippen molar-refractivity contribution in [2.45, 2.75) is 19.4 Å². The largest absolute Gasteiger partial charge is 0.469 e. The molecule has 6 nitrogen and oxygen atoms in total. The molecule has 6 heteroatoms. The average molecular weight is 221 g/mol. The van der Waals surface area contributed by atoms with E-state index in [2.05, 4.69) is 20.7 Å². The molecule has 0 radical (unpaired) electrons. The summed E-state index contributed by atoms with van der Waals surface area (Å²) in [6, 6.07) is 2.17. The lowest BCUT2D eigenvalue weighted by molar-refractivity contribution is 0.517. The normalized spacial score (nSPS) is 12.9. The molecule has 1 unspecified atom stereocenters. The maximum Gasteiger partial charge on any atom is 0.176 e. The second kappa shape index (κ2) is 4.44. The molecule has 0 aliphatic rings. The van der Waals surface area contributed by atoms with E-state index in [0.717, 1.165) is 17.1 Å². The van der Waals surface area contributed by atoms with Crippen molar-refractivity contribution in [2.75, 3.05) is 7.05 Å². The highest BCUT2D eigenvalue weighted by molar-refractivity contribution is 5.17. The molecular formula is C10H15N5O. The smallest absolute Gasteiger partial charge is 0.176 e. The first-order chi connectivity index (χ1) is 7.69. The van der Waals surface area contributed by atoms with Gasteiger partial charge in [0, 0.05) is 18.0 Å². The molecule has 16 heavy (non-hydrogen) atoms. The van der Waals surface area contributed by atoms with Crippen LogP contribution in [-0.4, -0.2) is 27.3 Å². The van der Waals surface area contributed by atoms with Crippen molar-refractivity contribution in [1.82, 2.24) is 25.5 Å². The van der Waals surface area contributed by atoms with E-state index in [4.69, 9.17) is 4.42 Å². The maximum absolute atomic E-state index is 5.29. The van der Waals surface area contributed by atoms with Crippen LogP contribution < -0.4 is 5.32 Å². The molecule has 2 aromatic rings. The number of tetrazole rings is 1. The van der Waals surface area contributed by atoms with Gasteiger partial charge >= 0.3 is 0 Å². The van der Waals surface area contributed by atoms with Gasteiger partial charge in [-0.15, -0.1) is 10.2 Å². The topological polar surface area (TPSA) is 68.8 Å². The van der Waals surface area contributed by atoms with Crippen LogP contribution in [0.4, 0.5) is 0 Å². The third kappa shape index (κ3) is 2.27. The average Bonchev–Trinajstić information content (AvgIpc) is 2.84. The fraction of sp³-hybridized carbons (Fsp3) is 0.500. The highest BCUT2D eigenvalue weighted by atomic mass is 16.3. The van der Waals surface area contributed by atoms with Crippen molar-refractivity contribution in [3.8, 4) is 0 Å². The second-order valence-electron chi connectivity index (χ2n) is 3.73. The van der Waals surface area contributed by atoms with E-state index in [1.54, 1.807) is 13.3 Å². The summed E-state index contributed by atoms with van der Waals surface area (Å²) in [4.78, 5) is 1.46. The monoisotopic (exact) mass is 221 g/mol. The van der Waals surface area contributed by atoms with E-state index in [9.17, 15) is 0 Å². The molecule has 86 valence electrons. The summed E-state index contributed by atoms with van der Waals surface area (Å²) in [6.07, 6.45) is 2.45. The molecule has 2 aromatic heterocycles. The van der Waals surface area contributed by atoms with Gasteiger partial charge in [-0.1, -0.05) is 0 Å². The minimum absolute atomic E-state index is 0.154. The zero-order valence-electron chi connectivity index (χ0n) is 9.64. The van der Waals surface area contributed by atoms with Gasteiger partial charge in [0.25, 0.3) is 0 Å². The summed E-state index contributed by atoms with van der Waals surface area (Å²) in [5.41, 5.74) is 1.10. The highest BCUT2D eigenvalue weighted by Crippen LogP contribution is 2.18. The van der Waals surface area contributed by atoms with Crippen molar-refractivity contribution in [3.05, 3.63) is 29.5 Å². The number of hydrogen-bond acceptors (Lipinski definition) is 5. The number of furan rings is 1. The minimum Gasteiger partial charge on any atom is -0.469 e. The molecule has 0 fully saturated rings. The fourth-order valence-electron chi connectivity index (χ4n) is 1.62. The Hall–Kier alpha value is -1.69. The van der Waals surface area contributed by atoms with Crippen LogP contribution in [-0.2, 0) is 13.5 Å². The zero-order valence-corrected chi connectivity index (χ0v) is 9.64. The Morgan fingerprint density at radius 1 is 1.56 bits per heavy atom. The third-order valence-corrected chi connectivity index (χ3v) is 2.44. The first kappa shape index (κ1) is 10.8. The van der Waals surface area contributed by atoms with Crippen LogP contribution in [0.5, 0.6) is 0 Å². The SMILES string of the molecule is CNC(Cc1nnn(C)n1)c1coc(C)c1. The molecule has 1 atom stereocenters. The number of hydrogen-bond donors (Lipinski definition) is 1. The molecular weight excluding hydrogens is 206 g/mol. The molecule has 0 amide bonds. The van der Waals surface area contributed by atoms with E-state index in [1.807, 2.05) is 20.0 Å². The second-order valence-corrected chi connectivity index (χ2v) is 3.73. The van der Waals surface area contributed by atoms with Crippen LogP contribution >= 0.6 is 0 Å². The number of likely N-dealkylation sites (N-methyl/N-ethyl adjacent to an activating group) is 1. The lowest BCUT2D eigenvalue weighted by atomic mass is 10.1. The van der Waals surface area contributed by atoms with Gasteiger partial charge in [0.1, 0.15) is 5.76 Å². The fourth-order valence-corrected chi connectivity index (χ4v) is 1.62. The Kier molecular flexibility index (Phi) is 3.00. The maximum atomic E-state index is 5.29. The first-order valence-corrected chi connectivity index (χ1v) is 5.14. The lowest BCUT2D eigenvalue weighted by Gasteiger charge is -2.11. The molecule has 0 bridgehead atoms. The minimum atomic E-state index is 0.154. The van der Waals surface area contributed by atoms with Crippen LogP contribution in [0.3, 0.4) is 0 Å². The van der Waals surface area contributed by atoms with Crippen molar-refractivity contribution < 1.29 is 4.42 Å². The predicted molar refractivity (Wildman–Crippen MR) is 57.7 cm³/mol. The van der Waals surface area contributed by atoms with Gasteiger partial charge in [-0.05, 0) is 25.3 Å². The molecule has 0 spiro atoms. The quantitative estimate of drug-likeness (QED) is 0.819. The third-order valence-electron chi connectivity index (χ3n) is 2.44. The van der Waals surface area contributed by atoms with Crippen LogP contribution in [0.25, 0.3) is 0 Å². The van der Waals surface area contributed by atoms with E-state index >= 15 is 0 Å². The standard InChI is InChI=1S/C10H15N5O/c1-7-4-8(6-16-7)9(11-2)5-10-12-14-15(3)13-10/h4,6,9,11H,5H2,1-3H3. The number of nitrogens with one attached hydrogen (secondary N) is 1. The molecule has 0 aromatic carbocycles. The van der Waals surface area contributed by atoms with Crippen molar-refractivity contribution in [2.24, 2.45) is 7.05 Å². The first-order valence-electron chi connectivity index (χ1n) is 5.14. The van der Waals surface area contributed by atoms with Crippen LogP contribution in [0.1, 0.15) is 23.2 Å². The Balaban J connectivity index is 2.12. The predicted octanol–water partition coefficient (Wildman–Crippen LogP) is 0.615. The molecule has 0 saturated carbocycles. The number of nitrogens with zero attached hydrogens (tertiary/aromatic N) is 4. The van der Waals surface area contributed by atoms with E-state index in [-0.39, 0.29) is 6.04 Å². The summed E-state index contributed by atoms with van der Waals surface area (Å²) in [5.74, 6) is 1.63. The van der Waals surface area contributed by atoms with Gasteiger partial charge in [-0.2, -0.15) is 4.80 Å². The molecule has 0 saturated heterocycles. The van der Waals surface area contributed by atoms with Crippen LogP contribution in [0.2, 0.25) is 0 Å². The van der Waals surface area contributed by atoms with Crippen LogP contribution in [0, 0.1) is 6.92 Å². The Labute approximate surface area is 93.6 Å². The number of aromatic nitrogens is 4. The summed E-state index contributed by atoms with van der Waals surface area (Å²) in [6.45, 7) is 1.93. The Morgan fingerprint density at radius 2 is 2.38 bits per heavy atom. The lowest BCUT2D eigenvalue weighted by Crippen LogP contribution is -2.19. The number of aryl methyl sites for hydroxylation is 2. The molecule has 2 heterocycles. The van der Waals surface area contributed by atoms with E-state index in [1.165, 1.54) is 4.80 Å². The van der Waals surface area contributed by atoms with Crippen LogP contribution in [0.15, 0.2) is 16.7 Å². The summed E-state index contributed by atoms with van der Waals surface area (Å²) >= 11 is 0. The van der Waals surface area contributed by atoms with Gasteiger partial charge < -0.3 is 9.73 Å². The molecule has 2 rings (SSSR count). The van der Waals surface area contributed by atoms with Crippen molar-refractivity contribution >= 4 is 0 Å². The van der Waals surface area contributed by atoms with E-state index in [0.29, 0.717) is 6.42 Å². The Bertz CT molecular complexity index is 461. The summed E-state index contributed by atoms with van der Waals surface area (Å²) in [7, 11) is 3.66. The van der Waals surface area contributed by atoms with Gasteiger partial charge in [0.05, 0.1) is 13.3 Å². The summed E-state index contributed by atoms with van der Waals surface area (Å²) < 4.78 is 5.29. The van der Waals surface area contributed by atoms with Gasteiger partial charge in [0.2, 0.25) is 0 Å². The van der Waals surface area contributed by atoms with E-state index < -0.39 is 0 Å². The van der Waals surface area contributed by atoms with Crippen molar-refractivity contribution in [1.29, 1.82) is 0 Å². The molecule has 0 aliphatic carbocycles. The van der Waals surface area contributed by atoms with Gasteiger partial charge in [0.15, 0.2) is 5.82 Å².